The second-order valence-electron chi connectivity index (χ2n) is 8.43. The number of likely N-dealkylation sites (N-methyl/N-ethyl adjacent to an activating group) is 1. The summed E-state index contributed by atoms with van der Waals surface area (Å²) >= 11 is 5.90. The molecule has 0 spiro atoms. The Morgan fingerprint density at radius 2 is 1.91 bits per heavy atom. The Bertz CT molecular complexity index is 1390. The second-order valence-corrected chi connectivity index (χ2v) is 8.84. The number of nitrogens with zero attached hydrogens (tertiary/aromatic N) is 4. The first-order valence-corrected chi connectivity index (χ1v) is 11.2. The van der Waals surface area contributed by atoms with Crippen molar-refractivity contribution >= 4 is 34.3 Å². The van der Waals surface area contributed by atoms with Crippen molar-refractivity contribution in [2.24, 2.45) is 0 Å². The van der Waals surface area contributed by atoms with Gasteiger partial charge >= 0.3 is 0 Å². The van der Waals surface area contributed by atoms with E-state index in [9.17, 15) is 23.9 Å². The lowest BCUT2D eigenvalue weighted by Gasteiger charge is -2.28. The number of ether oxygens (including phenoxy) is 1. The van der Waals surface area contributed by atoms with Gasteiger partial charge in [-0.3, -0.25) is 14.4 Å². The average Bonchev–Trinajstić information content (AvgIpc) is 3.14. The van der Waals surface area contributed by atoms with E-state index in [1.807, 2.05) is 0 Å². The van der Waals surface area contributed by atoms with Crippen LogP contribution in [0.1, 0.15) is 26.4 Å². The predicted molar refractivity (Wildman–Crippen MR) is 122 cm³/mol. The Morgan fingerprint density at radius 3 is 2.62 bits per heavy atom. The first-order valence-electron chi connectivity index (χ1n) is 10.8. The van der Waals surface area contributed by atoms with Crippen LogP contribution in [-0.4, -0.2) is 75.8 Å². The van der Waals surface area contributed by atoms with Gasteiger partial charge in [0.2, 0.25) is 0 Å². The van der Waals surface area contributed by atoms with Crippen LogP contribution >= 0.6 is 11.6 Å². The monoisotopic (exact) mass is 488 g/mol. The Morgan fingerprint density at radius 1 is 1.18 bits per heavy atom. The minimum Gasteiger partial charge on any atom is -0.505 e. The normalized spacial score (nSPS) is 16.3. The third-order valence-corrected chi connectivity index (χ3v) is 6.62. The molecule has 5 rings (SSSR count). The van der Waals surface area contributed by atoms with Gasteiger partial charge in [0.1, 0.15) is 11.2 Å². The van der Waals surface area contributed by atoms with Crippen molar-refractivity contribution in [2.45, 2.75) is 13.1 Å². The number of rotatable bonds is 3. The summed E-state index contributed by atoms with van der Waals surface area (Å²) in [5.74, 6) is -1.79. The molecular formula is C23H22ClFN4O5. The van der Waals surface area contributed by atoms with Gasteiger partial charge in [-0.25, -0.2) is 4.39 Å². The van der Waals surface area contributed by atoms with Crippen LogP contribution in [0.4, 0.5) is 4.39 Å². The van der Waals surface area contributed by atoms with Crippen LogP contribution in [0.15, 0.2) is 29.2 Å². The lowest BCUT2D eigenvalue weighted by molar-refractivity contribution is 0.0303. The van der Waals surface area contributed by atoms with Gasteiger partial charge in [0.05, 0.1) is 35.9 Å². The highest BCUT2D eigenvalue weighted by Crippen LogP contribution is 2.35. The largest absolute Gasteiger partial charge is 0.505 e. The quantitative estimate of drug-likeness (QED) is 0.607. The Balaban J connectivity index is 1.74. The van der Waals surface area contributed by atoms with Crippen LogP contribution in [0.25, 0.3) is 10.9 Å². The van der Waals surface area contributed by atoms with Gasteiger partial charge in [0, 0.05) is 39.4 Å². The Labute approximate surface area is 198 Å². The lowest BCUT2D eigenvalue weighted by atomic mass is 10.1. The molecule has 2 aromatic heterocycles. The molecule has 0 bridgehead atoms. The molecular weight excluding hydrogens is 467 g/mol. The van der Waals surface area contributed by atoms with Gasteiger partial charge in [0.15, 0.2) is 11.4 Å². The maximum absolute atomic E-state index is 13.6. The molecule has 0 saturated carbocycles. The number of morpholine rings is 1. The molecule has 1 N–H and O–H groups in total. The number of halogens is 2. The molecule has 0 aliphatic carbocycles. The average molecular weight is 489 g/mol. The highest BCUT2D eigenvalue weighted by Gasteiger charge is 2.34. The molecule has 4 heterocycles. The number of aromatic nitrogens is 2. The molecule has 1 aromatic carbocycles. The number of amides is 2. The standard InChI is InChI=1S/C23H22ClFN4O5/c1-26-4-5-29-18-14(21(31)27-6-8-34-9-7-27)12-28(11-13-2-3-16(25)15(24)10-13)22(32)17(18)20(30)19(29)23(26)33/h2-3,10,12,30H,4-9,11H2,1H3. The number of carbonyl (C=O) groups excluding carboxylic acids is 2. The smallest absolute Gasteiger partial charge is 0.274 e. The topological polar surface area (TPSA) is 97.0 Å². The summed E-state index contributed by atoms with van der Waals surface area (Å²) in [5.41, 5.74) is 0.396. The van der Waals surface area contributed by atoms with Crippen molar-refractivity contribution in [1.29, 1.82) is 0 Å². The first kappa shape index (κ1) is 22.4. The van der Waals surface area contributed by atoms with E-state index >= 15 is 0 Å². The van der Waals surface area contributed by atoms with Crippen molar-refractivity contribution in [1.82, 2.24) is 18.9 Å². The fourth-order valence-corrected chi connectivity index (χ4v) is 4.73. The predicted octanol–water partition coefficient (Wildman–Crippen LogP) is 1.91. The molecule has 0 atom stereocenters. The van der Waals surface area contributed by atoms with Crippen molar-refractivity contribution in [3.05, 3.63) is 62.4 Å². The van der Waals surface area contributed by atoms with E-state index in [2.05, 4.69) is 0 Å². The summed E-state index contributed by atoms with van der Waals surface area (Å²) in [6.45, 7) is 2.24. The van der Waals surface area contributed by atoms with Crippen LogP contribution in [0.3, 0.4) is 0 Å². The number of carbonyl (C=O) groups is 2. The Hall–Kier alpha value is -3.37. The summed E-state index contributed by atoms with van der Waals surface area (Å²) in [6, 6.07) is 4.09. The number of pyridine rings is 1. The molecule has 1 saturated heterocycles. The van der Waals surface area contributed by atoms with Crippen LogP contribution in [0.2, 0.25) is 5.02 Å². The molecule has 9 nitrogen and oxygen atoms in total. The summed E-state index contributed by atoms with van der Waals surface area (Å²) < 4.78 is 21.8. The van der Waals surface area contributed by atoms with Crippen LogP contribution in [0, 0.1) is 5.82 Å². The number of hydrogen-bond donors (Lipinski definition) is 1. The van der Waals surface area contributed by atoms with Gasteiger partial charge < -0.3 is 28.8 Å². The van der Waals surface area contributed by atoms with Crippen molar-refractivity contribution in [2.75, 3.05) is 39.9 Å². The molecule has 0 unspecified atom stereocenters. The van der Waals surface area contributed by atoms with E-state index in [0.717, 1.165) is 0 Å². The maximum atomic E-state index is 13.6. The van der Waals surface area contributed by atoms with Crippen LogP contribution in [0.5, 0.6) is 5.75 Å². The fraction of sp³-hybridized carbons (Fsp3) is 0.348. The molecule has 0 radical (unpaired) electrons. The zero-order chi connectivity index (χ0) is 24.1. The van der Waals surface area contributed by atoms with E-state index in [1.54, 1.807) is 16.5 Å². The van der Waals surface area contributed by atoms with Gasteiger partial charge in [-0.1, -0.05) is 17.7 Å². The van der Waals surface area contributed by atoms with Crippen molar-refractivity contribution in [3.8, 4) is 5.75 Å². The fourth-order valence-electron chi connectivity index (χ4n) is 4.53. The molecule has 2 amide bonds. The summed E-state index contributed by atoms with van der Waals surface area (Å²) in [5, 5.41) is 10.8. The highest BCUT2D eigenvalue weighted by atomic mass is 35.5. The molecule has 2 aliphatic heterocycles. The zero-order valence-corrected chi connectivity index (χ0v) is 19.1. The first-order chi connectivity index (χ1) is 16.3. The van der Waals surface area contributed by atoms with Gasteiger partial charge in [-0.05, 0) is 17.7 Å². The zero-order valence-electron chi connectivity index (χ0n) is 18.4. The van der Waals surface area contributed by atoms with Crippen LogP contribution < -0.4 is 5.56 Å². The summed E-state index contributed by atoms with van der Waals surface area (Å²) in [6.07, 6.45) is 1.44. The second kappa shape index (κ2) is 8.44. The van der Waals surface area contributed by atoms with Gasteiger partial charge in [0.25, 0.3) is 17.4 Å². The number of hydrogen-bond acceptors (Lipinski definition) is 5. The lowest BCUT2D eigenvalue weighted by Crippen LogP contribution is -2.41. The highest BCUT2D eigenvalue weighted by molar-refractivity contribution is 6.30. The van der Waals surface area contributed by atoms with Crippen molar-refractivity contribution in [3.63, 3.8) is 0 Å². The third kappa shape index (κ3) is 3.54. The summed E-state index contributed by atoms with van der Waals surface area (Å²) in [7, 11) is 1.61. The Kier molecular flexibility index (Phi) is 5.57. The number of fused-ring (bicyclic) bond motifs is 3. The van der Waals surface area contributed by atoms with E-state index < -0.39 is 23.0 Å². The maximum Gasteiger partial charge on any atom is 0.274 e. The summed E-state index contributed by atoms with van der Waals surface area (Å²) in [4.78, 5) is 42.9. The number of benzene rings is 1. The molecule has 11 heteroatoms. The van der Waals surface area contributed by atoms with Crippen molar-refractivity contribution < 1.29 is 23.8 Å². The van der Waals surface area contributed by atoms with Crippen LogP contribution in [-0.2, 0) is 17.8 Å². The van der Waals surface area contributed by atoms with E-state index in [1.165, 1.54) is 33.9 Å². The minimum absolute atomic E-state index is 0.00797. The van der Waals surface area contributed by atoms with E-state index in [4.69, 9.17) is 16.3 Å². The molecule has 2 aliphatic rings. The van der Waals surface area contributed by atoms with E-state index in [-0.39, 0.29) is 39.6 Å². The van der Waals surface area contributed by atoms with E-state index in [0.29, 0.717) is 45.0 Å². The third-order valence-electron chi connectivity index (χ3n) is 6.33. The molecule has 3 aromatic rings. The molecule has 1 fully saturated rings. The SMILES string of the molecule is CN1CCn2c(c(O)c3c(=O)n(Cc4ccc(F)c(Cl)c4)cc(C(=O)N4CCOCC4)c32)C1=O. The van der Waals surface area contributed by atoms with Gasteiger partial charge in [-0.2, -0.15) is 0 Å². The minimum atomic E-state index is -0.586. The number of aromatic hydroxyl groups is 1. The van der Waals surface area contributed by atoms with Gasteiger partial charge in [-0.15, -0.1) is 0 Å². The molecule has 34 heavy (non-hydrogen) atoms. The molecule has 178 valence electrons.